The summed E-state index contributed by atoms with van der Waals surface area (Å²) in [6, 6.07) is 20.6. The van der Waals surface area contributed by atoms with Crippen LogP contribution < -0.4 is 14.4 Å². The van der Waals surface area contributed by atoms with Crippen molar-refractivity contribution in [2.75, 3.05) is 24.0 Å². The summed E-state index contributed by atoms with van der Waals surface area (Å²) < 4.78 is 33.3. The third kappa shape index (κ3) is 6.49. The number of halogens is 1. The molecule has 0 aliphatic rings. The van der Waals surface area contributed by atoms with Gasteiger partial charge in [0.05, 0.1) is 17.1 Å². The molecule has 1 amide bonds. The molecule has 0 spiro atoms. The maximum atomic E-state index is 13.3. The molecule has 6 nitrogen and oxygen atoms in total. The first-order valence-electron chi connectivity index (χ1n) is 10.6. The summed E-state index contributed by atoms with van der Waals surface area (Å²) in [7, 11) is -3.92. The van der Waals surface area contributed by atoms with Gasteiger partial charge in [0.1, 0.15) is 18.9 Å². The lowest BCUT2D eigenvalue weighted by atomic mass is 10.1. The Kier molecular flexibility index (Phi) is 8.36. The zero-order valence-corrected chi connectivity index (χ0v) is 20.2. The fourth-order valence-electron chi connectivity index (χ4n) is 3.14. The maximum Gasteiger partial charge on any atom is 0.264 e. The van der Waals surface area contributed by atoms with Crippen LogP contribution in [0.15, 0.2) is 77.7 Å². The topological polar surface area (TPSA) is 75.7 Å². The SMILES string of the molecule is CCc1ccc(N(CC(=O)NCCOc2ccc(C)c(Cl)c2)S(=O)(=O)c2ccccc2)cc1. The molecule has 0 saturated carbocycles. The molecule has 0 atom stereocenters. The van der Waals surface area contributed by atoms with Gasteiger partial charge in [0.2, 0.25) is 5.91 Å². The average molecular weight is 487 g/mol. The number of amides is 1. The van der Waals surface area contributed by atoms with Crippen LogP contribution in [-0.2, 0) is 21.2 Å². The lowest BCUT2D eigenvalue weighted by Crippen LogP contribution is -2.41. The molecule has 174 valence electrons. The molecule has 0 aromatic heterocycles. The molecule has 0 radical (unpaired) electrons. The van der Waals surface area contributed by atoms with Crippen molar-refractivity contribution in [3.8, 4) is 5.75 Å². The fourth-order valence-corrected chi connectivity index (χ4v) is 4.75. The van der Waals surface area contributed by atoms with Crippen LogP contribution in [-0.4, -0.2) is 34.0 Å². The summed E-state index contributed by atoms with van der Waals surface area (Å²) in [5.41, 5.74) is 2.45. The van der Waals surface area contributed by atoms with Gasteiger partial charge < -0.3 is 10.1 Å². The van der Waals surface area contributed by atoms with Gasteiger partial charge in [-0.15, -0.1) is 0 Å². The van der Waals surface area contributed by atoms with Gasteiger partial charge in [-0.25, -0.2) is 8.42 Å². The highest BCUT2D eigenvalue weighted by molar-refractivity contribution is 7.92. The first-order valence-corrected chi connectivity index (χ1v) is 12.5. The minimum atomic E-state index is -3.92. The van der Waals surface area contributed by atoms with Crippen LogP contribution in [0.4, 0.5) is 5.69 Å². The van der Waals surface area contributed by atoms with E-state index in [9.17, 15) is 13.2 Å². The molecular weight excluding hydrogens is 460 g/mol. The van der Waals surface area contributed by atoms with E-state index in [1.807, 2.05) is 32.0 Å². The van der Waals surface area contributed by atoms with Crippen molar-refractivity contribution < 1.29 is 17.9 Å². The molecule has 3 rings (SSSR count). The number of carbonyl (C=O) groups is 1. The van der Waals surface area contributed by atoms with Crippen molar-refractivity contribution >= 4 is 33.2 Å². The highest BCUT2D eigenvalue weighted by atomic mass is 35.5. The van der Waals surface area contributed by atoms with Crippen molar-refractivity contribution in [2.24, 2.45) is 0 Å². The van der Waals surface area contributed by atoms with E-state index in [0.717, 1.165) is 21.9 Å². The number of hydrogen-bond acceptors (Lipinski definition) is 4. The van der Waals surface area contributed by atoms with E-state index in [1.54, 1.807) is 42.5 Å². The quantitative estimate of drug-likeness (QED) is 0.425. The molecule has 0 aliphatic carbocycles. The van der Waals surface area contributed by atoms with Gasteiger partial charge in [0.25, 0.3) is 10.0 Å². The summed E-state index contributed by atoms with van der Waals surface area (Å²) in [4.78, 5) is 12.8. The molecule has 0 unspecified atom stereocenters. The zero-order chi connectivity index (χ0) is 23.8. The molecular formula is C25H27ClN2O4S. The van der Waals surface area contributed by atoms with Gasteiger partial charge in [-0.1, -0.05) is 54.9 Å². The third-order valence-corrected chi connectivity index (χ3v) is 7.28. The van der Waals surface area contributed by atoms with Gasteiger partial charge in [-0.05, 0) is 60.9 Å². The second kappa shape index (κ2) is 11.2. The van der Waals surface area contributed by atoms with Gasteiger partial charge in [-0.2, -0.15) is 0 Å². The Morgan fingerprint density at radius 2 is 1.73 bits per heavy atom. The fraction of sp³-hybridized carbons (Fsp3) is 0.240. The molecule has 33 heavy (non-hydrogen) atoms. The Labute approximate surface area is 200 Å². The highest BCUT2D eigenvalue weighted by Gasteiger charge is 2.27. The Bertz CT molecular complexity index is 1180. The smallest absolute Gasteiger partial charge is 0.264 e. The van der Waals surface area contributed by atoms with Crippen molar-refractivity contribution in [3.05, 3.63) is 88.9 Å². The number of ether oxygens (including phenoxy) is 1. The third-order valence-electron chi connectivity index (χ3n) is 5.09. The van der Waals surface area contributed by atoms with Crippen molar-refractivity contribution in [3.63, 3.8) is 0 Å². The second-order valence-corrected chi connectivity index (χ2v) is 9.72. The second-order valence-electron chi connectivity index (χ2n) is 7.45. The first kappa shape index (κ1) is 24.6. The lowest BCUT2D eigenvalue weighted by molar-refractivity contribution is -0.119. The zero-order valence-electron chi connectivity index (χ0n) is 18.6. The standard InChI is InChI=1S/C25H27ClN2O4S/c1-3-20-10-12-21(13-11-20)28(33(30,31)23-7-5-4-6-8-23)18-25(29)27-15-16-32-22-14-9-19(2)24(26)17-22/h4-14,17H,3,15-16,18H2,1-2H3,(H,27,29). The number of nitrogens with zero attached hydrogens (tertiary/aromatic N) is 1. The van der Waals surface area contributed by atoms with Gasteiger partial charge in [0.15, 0.2) is 0 Å². The summed E-state index contributed by atoms with van der Waals surface area (Å²) in [6.07, 6.45) is 0.832. The number of sulfonamides is 1. The van der Waals surface area contributed by atoms with Gasteiger partial charge >= 0.3 is 0 Å². The number of nitrogens with one attached hydrogen (secondary N) is 1. The number of rotatable bonds is 10. The Morgan fingerprint density at radius 1 is 1.03 bits per heavy atom. The lowest BCUT2D eigenvalue weighted by Gasteiger charge is -2.24. The van der Waals surface area contributed by atoms with Crippen LogP contribution in [0.5, 0.6) is 5.75 Å². The van der Waals surface area contributed by atoms with Crippen LogP contribution in [0.3, 0.4) is 0 Å². The van der Waals surface area contributed by atoms with Gasteiger partial charge in [0, 0.05) is 5.02 Å². The highest BCUT2D eigenvalue weighted by Crippen LogP contribution is 2.24. The molecule has 8 heteroatoms. The van der Waals surface area contributed by atoms with Crippen molar-refractivity contribution in [1.82, 2.24) is 5.32 Å². The minimum Gasteiger partial charge on any atom is -0.492 e. The molecule has 0 heterocycles. The normalized spacial score (nSPS) is 11.1. The van der Waals surface area contributed by atoms with E-state index < -0.39 is 15.9 Å². The van der Waals surface area contributed by atoms with Crippen LogP contribution in [0, 0.1) is 6.92 Å². The van der Waals surface area contributed by atoms with E-state index in [1.165, 1.54) is 12.1 Å². The van der Waals surface area contributed by atoms with Crippen LogP contribution in [0.1, 0.15) is 18.1 Å². The molecule has 1 N–H and O–H groups in total. The molecule has 0 saturated heterocycles. The van der Waals surface area contributed by atoms with Gasteiger partial charge in [-0.3, -0.25) is 9.10 Å². The molecule has 0 bridgehead atoms. The predicted molar refractivity (Wildman–Crippen MR) is 131 cm³/mol. The number of benzene rings is 3. The van der Waals surface area contributed by atoms with Crippen LogP contribution in [0.2, 0.25) is 5.02 Å². The Morgan fingerprint density at radius 3 is 2.36 bits per heavy atom. The first-order chi connectivity index (χ1) is 15.8. The number of anilines is 1. The van der Waals surface area contributed by atoms with Crippen LogP contribution in [0.25, 0.3) is 0 Å². The minimum absolute atomic E-state index is 0.122. The largest absolute Gasteiger partial charge is 0.492 e. The predicted octanol–water partition coefficient (Wildman–Crippen LogP) is 4.60. The van der Waals surface area contributed by atoms with E-state index in [0.29, 0.717) is 16.5 Å². The number of hydrogen-bond donors (Lipinski definition) is 1. The Hall–Kier alpha value is -3.03. The van der Waals surface area contributed by atoms with E-state index in [4.69, 9.17) is 16.3 Å². The maximum absolute atomic E-state index is 13.3. The summed E-state index contributed by atoms with van der Waals surface area (Å²) in [6.45, 7) is 4.02. The van der Waals surface area contributed by atoms with Crippen molar-refractivity contribution in [1.29, 1.82) is 0 Å². The van der Waals surface area contributed by atoms with Crippen LogP contribution >= 0.6 is 11.6 Å². The van der Waals surface area contributed by atoms with E-state index in [-0.39, 0.29) is 24.6 Å². The van der Waals surface area contributed by atoms with E-state index >= 15 is 0 Å². The Balaban J connectivity index is 1.68. The summed E-state index contributed by atoms with van der Waals surface area (Å²) in [5.74, 6) is 0.170. The molecule has 0 fully saturated rings. The summed E-state index contributed by atoms with van der Waals surface area (Å²) in [5, 5.41) is 3.33. The van der Waals surface area contributed by atoms with E-state index in [2.05, 4.69) is 5.32 Å². The summed E-state index contributed by atoms with van der Waals surface area (Å²) >= 11 is 6.09. The van der Waals surface area contributed by atoms with Crippen molar-refractivity contribution in [2.45, 2.75) is 25.2 Å². The average Bonchev–Trinajstić information content (AvgIpc) is 2.83. The molecule has 3 aromatic rings. The molecule has 3 aromatic carbocycles. The molecule has 0 aliphatic heterocycles. The number of carbonyl (C=O) groups excluding carboxylic acids is 1. The monoisotopic (exact) mass is 486 g/mol. The number of aryl methyl sites for hydroxylation is 2.